The van der Waals surface area contributed by atoms with Crippen LogP contribution in [0.25, 0.3) is 22.3 Å². The number of carbonyl (C=O) groups excluding carboxylic acids is 6. The number of hydrogen-bond donors (Lipinski definition) is 3. The average molecular weight is 888 g/mol. The number of likely N-dealkylation sites (N-methyl/N-ethyl adjacent to an activating group) is 3. The first-order chi connectivity index (χ1) is 30.7. The Hall–Kier alpha value is -5.96. The monoisotopic (exact) mass is 887 g/mol. The zero-order valence-corrected chi connectivity index (χ0v) is 36.9. The molecule has 20 heteroatoms. The number of aromatic nitrogens is 2. The number of hydrogen-bond acceptors (Lipinski definition) is 16. The molecule has 3 aromatic rings. The number of carbonyl (C=O) groups is 6. The highest BCUT2D eigenvalue weighted by Gasteiger charge is 2.42. The van der Waals surface area contributed by atoms with Crippen LogP contribution in [0.3, 0.4) is 0 Å². The highest BCUT2D eigenvalue weighted by Crippen LogP contribution is 2.40. The molecule has 0 spiro atoms. The van der Waals surface area contributed by atoms with Crippen LogP contribution in [0.4, 0.5) is 0 Å². The summed E-state index contributed by atoms with van der Waals surface area (Å²) in [6, 6.07) is 3.65. The molecule has 64 heavy (non-hydrogen) atoms. The van der Waals surface area contributed by atoms with Gasteiger partial charge in [-0.2, -0.15) is 0 Å². The third-order valence-corrected chi connectivity index (χ3v) is 12.2. The Labute approximate surface area is 370 Å². The van der Waals surface area contributed by atoms with E-state index >= 15 is 0 Å². The fourth-order valence-electron chi connectivity index (χ4n) is 8.47. The van der Waals surface area contributed by atoms with Gasteiger partial charge in [0.25, 0.3) is 5.56 Å². The Morgan fingerprint density at radius 1 is 0.953 bits per heavy atom. The Morgan fingerprint density at radius 2 is 1.66 bits per heavy atom. The quantitative estimate of drug-likeness (QED) is 0.0814. The van der Waals surface area contributed by atoms with Crippen molar-refractivity contribution in [3.63, 3.8) is 0 Å². The lowest BCUT2D eigenvalue weighted by molar-refractivity contribution is -0.173. The molecule has 4 N–H and O–H groups in total. The highest BCUT2D eigenvalue weighted by molar-refractivity contribution is 5.95. The number of nitrogens with one attached hydrogen (secondary N) is 2. The summed E-state index contributed by atoms with van der Waals surface area (Å²) in [5, 5.41) is 6.20. The SMILES string of the molecule is CC(C)C(NC(=O)C1CCCN1C(=O)C(CC=O)NC(=O)CN(C)CCN(C)CCN(C)CCN)C(=O)OC1C(=O)OCc2c1cc1n(c2=O)Cc2cc3cc4c(cc3nc2-1)OCO4. The largest absolute Gasteiger partial charge is 0.458 e. The molecule has 1 aromatic carbocycles. The number of esters is 2. The Balaban J connectivity index is 0.998. The maximum absolute atomic E-state index is 14.0. The lowest BCUT2D eigenvalue weighted by Gasteiger charge is -2.31. The molecule has 20 nitrogen and oxygen atoms in total. The van der Waals surface area contributed by atoms with E-state index in [0.29, 0.717) is 60.7 Å². The minimum absolute atomic E-state index is 0.0169. The van der Waals surface area contributed by atoms with E-state index in [1.165, 1.54) is 9.47 Å². The molecule has 1 saturated heterocycles. The van der Waals surface area contributed by atoms with Crippen LogP contribution in [0, 0.1) is 5.92 Å². The van der Waals surface area contributed by atoms with Crippen molar-refractivity contribution in [2.24, 2.45) is 11.7 Å². The number of ether oxygens (including phenoxy) is 4. The molecule has 0 bridgehead atoms. The van der Waals surface area contributed by atoms with E-state index in [9.17, 15) is 33.6 Å². The lowest BCUT2D eigenvalue weighted by atomic mass is 9.99. The van der Waals surface area contributed by atoms with E-state index in [0.717, 1.165) is 30.6 Å². The second-order valence-electron chi connectivity index (χ2n) is 17.2. The maximum atomic E-state index is 14.0. The molecule has 4 unspecified atom stereocenters. The third kappa shape index (κ3) is 9.89. The second kappa shape index (κ2) is 19.8. The van der Waals surface area contributed by atoms with E-state index in [1.807, 2.05) is 31.1 Å². The number of cyclic esters (lactones) is 1. The van der Waals surface area contributed by atoms with Gasteiger partial charge in [-0.3, -0.25) is 24.1 Å². The highest BCUT2D eigenvalue weighted by atomic mass is 16.7. The van der Waals surface area contributed by atoms with Gasteiger partial charge in [-0.1, -0.05) is 13.8 Å². The van der Waals surface area contributed by atoms with Crippen LogP contribution in [0.1, 0.15) is 55.9 Å². The molecular weight excluding hydrogens is 831 g/mol. The zero-order chi connectivity index (χ0) is 45.8. The summed E-state index contributed by atoms with van der Waals surface area (Å²) < 4.78 is 23.8. The minimum atomic E-state index is -1.61. The number of nitrogens with two attached hydrogens (primary N) is 1. The number of benzene rings is 1. The Bertz CT molecular complexity index is 2370. The van der Waals surface area contributed by atoms with Crippen molar-refractivity contribution in [3.05, 3.63) is 51.3 Å². The molecule has 0 saturated carbocycles. The van der Waals surface area contributed by atoms with Gasteiger partial charge in [0.15, 0.2) is 11.5 Å². The Kier molecular flexibility index (Phi) is 14.3. The number of nitrogens with zero attached hydrogens (tertiary/aromatic N) is 6. The van der Waals surface area contributed by atoms with Crippen molar-refractivity contribution in [2.45, 2.75) is 70.5 Å². The van der Waals surface area contributed by atoms with Gasteiger partial charge in [0.05, 0.1) is 35.6 Å². The molecule has 1 fully saturated rings. The van der Waals surface area contributed by atoms with Crippen LogP contribution in [0.5, 0.6) is 11.5 Å². The van der Waals surface area contributed by atoms with Crippen LogP contribution in [0.15, 0.2) is 29.1 Å². The standard InChI is InChI=1S/C44H57N9O11/c1-25(2)37(48-40(56)32-7-6-10-52(32)42(58)30(8-16-54)46-36(55)22-51(5)15-14-50(4)13-12-49(3)11-9-45)43(59)64-39-28-19-33-38-27(21-53(33)41(57)29(28)23-61-44(39)60)17-26-18-34-35(63-24-62-34)20-31(26)47-38/h16-20,25,30,32,37,39H,6-15,21-24,45H2,1-5H3,(H,46,55)(H,48,56). The van der Waals surface area contributed by atoms with Crippen LogP contribution >= 0.6 is 0 Å². The molecule has 4 aliphatic rings. The molecule has 344 valence electrons. The van der Waals surface area contributed by atoms with Crippen molar-refractivity contribution >= 4 is 46.8 Å². The number of rotatable bonds is 19. The number of likely N-dealkylation sites (tertiary alicyclic amines) is 1. The molecular formula is C44H57N9O11. The van der Waals surface area contributed by atoms with Crippen molar-refractivity contribution in [1.29, 1.82) is 0 Å². The molecule has 6 heterocycles. The van der Waals surface area contributed by atoms with E-state index in [1.54, 1.807) is 33.0 Å². The second-order valence-corrected chi connectivity index (χ2v) is 17.2. The predicted molar refractivity (Wildman–Crippen MR) is 231 cm³/mol. The number of amides is 3. The van der Waals surface area contributed by atoms with Crippen LogP contribution in [0.2, 0.25) is 0 Å². The van der Waals surface area contributed by atoms with Crippen LogP contribution < -0.4 is 31.4 Å². The third-order valence-electron chi connectivity index (χ3n) is 12.2. The lowest BCUT2D eigenvalue weighted by Crippen LogP contribution is -2.57. The number of aldehydes is 1. The van der Waals surface area contributed by atoms with E-state index in [-0.39, 0.29) is 57.0 Å². The van der Waals surface area contributed by atoms with Gasteiger partial charge in [0, 0.05) is 74.8 Å². The van der Waals surface area contributed by atoms with E-state index in [4.69, 9.17) is 29.7 Å². The van der Waals surface area contributed by atoms with Gasteiger partial charge >= 0.3 is 11.9 Å². The van der Waals surface area contributed by atoms with Gasteiger partial charge < -0.3 is 59.4 Å². The summed E-state index contributed by atoms with van der Waals surface area (Å²) >= 11 is 0. The molecule has 0 aliphatic carbocycles. The van der Waals surface area contributed by atoms with Gasteiger partial charge in [-0.15, -0.1) is 0 Å². The van der Waals surface area contributed by atoms with Crippen molar-refractivity contribution in [2.75, 3.05) is 80.3 Å². The van der Waals surface area contributed by atoms with E-state index in [2.05, 4.69) is 20.4 Å². The van der Waals surface area contributed by atoms with Gasteiger partial charge in [0.1, 0.15) is 31.0 Å². The first-order valence-corrected chi connectivity index (χ1v) is 21.6. The smallest absolute Gasteiger partial charge is 0.352 e. The number of fused-ring (bicyclic) bond motifs is 6. The number of pyridine rings is 2. The normalized spacial score (nSPS) is 18.2. The van der Waals surface area contributed by atoms with Crippen molar-refractivity contribution in [3.8, 4) is 22.9 Å². The zero-order valence-electron chi connectivity index (χ0n) is 36.9. The molecule has 2 aromatic heterocycles. The average Bonchev–Trinajstić information content (AvgIpc) is 4.02. The molecule has 4 atom stereocenters. The molecule has 0 radical (unpaired) electrons. The van der Waals surface area contributed by atoms with Crippen LogP contribution in [-0.2, 0) is 51.4 Å². The Morgan fingerprint density at radius 3 is 2.36 bits per heavy atom. The van der Waals surface area contributed by atoms with Gasteiger partial charge in [-0.05, 0) is 58.1 Å². The summed E-state index contributed by atoms with van der Waals surface area (Å²) in [5.41, 5.74) is 7.86. The molecule has 7 rings (SSSR count). The van der Waals surface area contributed by atoms with Crippen molar-refractivity contribution in [1.82, 2.24) is 39.8 Å². The van der Waals surface area contributed by atoms with Crippen molar-refractivity contribution < 1.29 is 47.7 Å². The van der Waals surface area contributed by atoms with Gasteiger partial charge in [0.2, 0.25) is 30.6 Å². The fraction of sp³-hybridized carbons (Fsp3) is 0.545. The first-order valence-electron chi connectivity index (χ1n) is 21.6. The van der Waals surface area contributed by atoms with E-state index < -0.39 is 65.4 Å². The summed E-state index contributed by atoms with van der Waals surface area (Å²) in [6.45, 7) is 7.89. The molecule has 3 amide bonds. The fourth-order valence-corrected chi connectivity index (χ4v) is 8.47. The van der Waals surface area contributed by atoms with Crippen LogP contribution in [-0.4, -0.2) is 164 Å². The first kappa shape index (κ1) is 46.0. The minimum Gasteiger partial charge on any atom is -0.458 e. The summed E-state index contributed by atoms with van der Waals surface area (Å²) in [7, 11) is 5.79. The topological polar surface area (TPSA) is 237 Å². The summed E-state index contributed by atoms with van der Waals surface area (Å²) in [4.78, 5) is 106. The molecule has 4 aliphatic heterocycles. The summed E-state index contributed by atoms with van der Waals surface area (Å²) in [6.07, 6.45) is -0.636. The predicted octanol–water partition coefficient (Wildman–Crippen LogP) is -0.245. The maximum Gasteiger partial charge on any atom is 0.352 e. The summed E-state index contributed by atoms with van der Waals surface area (Å²) in [5.74, 6) is -2.91. The van der Waals surface area contributed by atoms with Gasteiger partial charge in [-0.25, -0.2) is 14.6 Å².